The van der Waals surface area contributed by atoms with Crippen LogP contribution in [-0.2, 0) is 39.6 Å². The second-order valence-corrected chi connectivity index (χ2v) is 12.2. The molecule has 36 heavy (non-hydrogen) atoms. The first kappa shape index (κ1) is 27.3. The van der Waals surface area contributed by atoms with Gasteiger partial charge in [-0.1, -0.05) is 93.6 Å². The molecule has 0 aliphatic rings. The number of ether oxygens (including phenoxy) is 2. The first-order valence-electron chi connectivity index (χ1n) is 11.9. The Hall–Kier alpha value is -3.32. The number of alkyl carbamates (subject to hydrolysis) is 1. The molecule has 3 aromatic rings. The molecule has 192 valence electrons. The van der Waals surface area contributed by atoms with Crippen molar-refractivity contribution in [2.24, 2.45) is 0 Å². The highest BCUT2D eigenvalue weighted by atomic mass is 32.2. The second-order valence-electron chi connectivity index (χ2n) is 10.1. The number of hydrogen-bond donors (Lipinski definition) is 1. The lowest BCUT2D eigenvalue weighted by Gasteiger charge is -2.25. The van der Waals surface area contributed by atoms with Gasteiger partial charge in [-0.3, -0.25) is 0 Å². The summed E-state index contributed by atoms with van der Waals surface area (Å²) in [6.07, 6.45) is 0.861. The standard InChI is InChI=1S/C29H35NO5S/c1-29(2,3)26-18-24(15-16-27(26)34-19-22-11-7-5-8-12-22)17-25(21-36(4,32)33)30-28(31)35-20-23-13-9-6-10-14-23/h5-16,18,25H,17,19-21H2,1-4H3,(H,30,31). The quantitative estimate of drug-likeness (QED) is 0.393. The van der Waals surface area contributed by atoms with E-state index in [1.165, 1.54) is 0 Å². The highest BCUT2D eigenvalue weighted by molar-refractivity contribution is 7.90. The molecular formula is C29H35NO5S. The largest absolute Gasteiger partial charge is 0.489 e. The Balaban J connectivity index is 1.74. The van der Waals surface area contributed by atoms with Gasteiger partial charge in [0.15, 0.2) is 0 Å². The van der Waals surface area contributed by atoms with Crippen molar-refractivity contribution in [3.63, 3.8) is 0 Å². The van der Waals surface area contributed by atoms with E-state index in [2.05, 4.69) is 26.1 Å². The highest BCUT2D eigenvalue weighted by Crippen LogP contribution is 2.33. The molecule has 1 amide bonds. The molecule has 1 atom stereocenters. The second kappa shape index (κ2) is 12.1. The zero-order chi connectivity index (χ0) is 26.2. The molecule has 0 spiro atoms. The van der Waals surface area contributed by atoms with Gasteiger partial charge in [-0.25, -0.2) is 13.2 Å². The Morgan fingerprint density at radius 3 is 2.00 bits per heavy atom. The van der Waals surface area contributed by atoms with E-state index in [1.54, 1.807) is 0 Å². The Kier molecular flexibility index (Phi) is 9.15. The van der Waals surface area contributed by atoms with Gasteiger partial charge in [0.2, 0.25) is 0 Å². The van der Waals surface area contributed by atoms with Crippen LogP contribution < -0.4 is 10.1 Å². The Labute approximate surface area is 214 Å². The van der Waals surface area contributed by atoms with Crippen molar-refractivity contribution < 1.29 is 22.7 Å². The maximum atomic E-state index is 12.5. The third-order valence-electron chi connectivity index (χ3n) is 5.61. The zero-order valence-corrected chi connectivity index (χ0v) is 22.2. The molecule has 0 saturated heterocycles. The molecule has 0 radical (unpaired) electrons. The predicted molar refractivity (Wildman–Crippen MR) is 143 cm³/mol. The van der Waals surface area contributed by atoms with E-state index in [0.717, 1.165) is 34.3 Å². The summed E-state index contributed by atoms with van der Waals surface area (Å²) in [7, 11) is -3.34. The van der Waals surface area contributed by atoms with Crippen LogP contribution in [0.1, 0.15) is 43.0 Å². The fourth-order valence-electron chi connectivity index (χ4n) is 3.88. The molecule has 3 aromatic carbocycles. The van der Waals surface area contributed by atoms with Crippen LogP contribution in [0, 0.1) is 0 Å². The molecule has 0 aliphatic heterocycles. The van der Waals surface area contributed by atoms with Crippen molar-refractivity contribution >= 4 is 15.9 Å². The number of benzene rings is 3. The average Bonchev–Trinajstić information content (AvgIpc) is 2.81. The third-order valence-corrected chi connectivity index (χ3v) is 6.62. The van der Waals surface area contributed by atoms with E-state index in [0.29, 0.717) is 13.0 Å². The summed E-state index contributed by atoms with van der Waals surface area (Å²) in [5, 5.41) is 2.74. The van der Waals surface area contributed by atoms with Crippen LogP contribution >= 0.6 is 0 Å². The van der Waals surface area contributed by atoms with Gasteiger partial charge in [-0.15, -0.1) is 0 Å². The summed E-state index contributed by atoms with van der Waals surface area (Å²) in [5.74, 6) is 0.592. The van der Waals surface area contributed by atoms with E-state index < -0.39 is 22.0 Å². The van der Waals surface area contributed by atoms with Gasteiger partial charge >= 0.3 is 6.09 Å². The van der Waals surface area contributed by atoms with Crippen LogP contribution in [0.5, 0.6) is 5.75 Å². The molecule has 0 fully saturated rings. The van der Waals surface area contributed by atoms with Crippen molar-refractivity contribution in [1.29, 1.82) is 0 Å². The number of carbonyl (C=O) groups excluding carboxylic acids is 1. The van der Waals surface area contributed by atoms with Crippen molar-refractivity contribution in [2.45, 2.75) is 51.9 Å². The molecule has 1 N–H and O–H groups in total. The van der Waals surface area contributed by atoms with Crippen LogP contribution in [0.3, 0.4) is 0 Å². The average molecular weight is 510 g/mol. The first-order chi connectivity index (χ1) is 17.0. The van der Waals surface area contributed by atoms with E-state index in [4.69, 9.17) is 9.47 Å². The molecule has 0 aromatic heterocycles. The van der Waals surface area contributed by atoms with Crippen molar-refractivity contribution in [1.82, 2.24) is 5.32 Å². The van der Waals surface area contributed by atoms with Crippen LogP contribution in [0.2, 0.25) is 0 Å². The normalized spacial score (nSPS) is 12.6. The van der Waals surface area contributed by atoms with Crippen LogP contribution in [0.25, 0.3) is 0 Å². The summed E-state index contributed by atoms with van der Waals surface area (Å²) in [5.41, 5.74) is 3.65. The van der Waals surface area contributed by atoms with Gasteiger partial charge in [-0.2, -0.15) is 0 Å². The summed E-state index contributed by atoms with van der Waals surface area (Å²) in [4.78, 5) is 12.5. The van der Waals surface area contributed by atoms with E-state index >= 15 is 0 Å². The summed E-state index contributed by atoms with van der Waals surface area (Å²) < 4.78 is 35.6. The van der Waals surface area contributed by atoms with E-state index in [-0.39, 0.29) is 17.8 Å². The minimum Gasteiger partial charge on any atom is -0.489 e. The van der Waals surface area contributed by atoms with Gasteiger partial charge in [0.05, 0.1) is 11.8 Å². The Morgan fingerprint density at radius 2 is 1.44 bits per heavy atom. The molecule has 1 unspecified atom stereocenters. The minimum absolute atomic E-state index is 0.111. The predicted octanol–water partition coefficient (Wildman–Crippen LogP) is 5.45. The summed E-state index contributed by atoms with van der Waals surface area (Å²) in [6.45, 7) is 6.88. The number of sulfone groups is 1. The van der Waals surface area contributed by atoms with Gasteiger partial charge in [0, 0.05) is 6.26 Å². The van der Waals surface area contributed by atoms with E-state index in [1.807, 2.05) is 78.9 Å². The maximum Gasteiger partial charge on any atom is 0.407 e. The molecule has 7 heteroatoms. The van der Waals surface area contributed by atoms with Crippen molar-refractivity contribution in [3.05, 3.63) is 101 Å². The van der Waals surface area contributed by atoms with Crippen LogP contribution in [0.4, 0.5) is 4.79 Å². The lowest BCUT2D eigenvalue weighted by Crippen LogP contribution is -2.41. The SMILES string of the molecule is CC(C)(C)c1cc(CC(CS(C)(=O)=O)NC(=O)OCc2ccccc2)ccc1OCc1ccccc1. The van der Waals surface area contributed by atoms with Crippen molar-refractivity contribution in [2.75, 3.05) is 12.0 Å². The number of amides is 1. The van der Waals surface area contributed by atoms with Crippen LogP contribution in [0.15, 0.2) is 78.9 Å². The fourth-order valence-corrected chi connectivity index (χ4v) is 4.82. The molecule has 0 aliphatic carbocycles. The van der Waals surface area contributed by atoms with Crippen LogP contribution in [-0.4, -0.2) is 32.6 Å². The van der Waals surface area contributed by atoms with E-state index in [9.17, 15) is 13.2 Å². The zero-order valence-electron chi connectivity index (χ0n) is 21.4. The summed E-state index contributed by atoms with van der Waals surface area (Å²) >= 11 is 0. The number of rotatable bonds is 10. The van der Waals surface area contributed by atoms with Gasteiger partial charge in [0.1, 0.15) is 28.8 Å². The number of carbonyl (C=O) groups is 1. The van der Waals surface area contributed by atoms with Gasteiger partial charge < -0.3 is 14.8 Å². The summed E-state index contributed by atoms with van der Waals surface area (Å²) in [6, 6.07) is 24.5. The monoisotopic (exact) mass is 509 g/mol. The number of nitrogens with one attached hydrogen (secondary N) is 1. The van der Waals surface area contributed by atoms with Gasteiger partial charge in [0.25, 0.3) is 0 Å². The molecule has 0 saturated carbocycles. The molecule has 0 heterocycles. The molecule has 3 rings (SSSR count). The number of hydrogen-bond acceptors (Lipinski definition) is 5. The molecule has 6 nitrogen and oxygen atoms in total. The topological polar surface area (TPSA) is 81.7 Å². The third kappa shape index (κ3) is 9.04. The highest BCUT2D eigenvalue weighted by Gasteiger charge is 2.23. The van der Waals surface area contributed by atoms with Crippen molar-refractivity contribution in [3.8, 4) is 5.75 Å². The lowest BCUT2D eigenvalue weighted by atomic mass is 9.84. The maximum absolute atomic E-state index is 12.5. The Morgan fingerprint density at radius 1 is 0.861 bits per heavy atom. The Bertz CT molecular complexity index is 1240. The smallest absolute Gasteiger partial charge is 0.407 e. The van der Waals surface area contributed by atoms with Gasteiger partial charge in [-0.05, 0) is 40.2 Å². The first-order valence-corrected chi connectivity index (χ1v) is 14.0. The lowest BCUT2D eigenvalue weighted by molar-refractivity contribution is 0.136. The molecule has 0 bridgehead atoms. The fraction of sp³-hybridized carbons (Fsp3) is 0.345. The minimum atomic E-state index is -3.34. The molecular weight excluding hydrogens is 474 g/mol.